The number of ether oxygens (including phenoxy) is 1. The van der Waals surface area contributed by atoms with E-state index in [4.69, 9.17) is 15.1 Å². The maximum absolute atomic E-state index is 11.0. The molecule has 82 valence electrons. The van der Waals surface area contributed by atoms with Gasteiger partial charge in [0.05, 0.1) is 13.0 Å². The fraction of sp³-hybridized carbons (Fsp3) is 0.750. The van der Waals surface area contributed by atoms with E-state index in [1.54, 1.807) is 20.8 Å². The summed E-state index contributed by atoms with van der Waals surface area (Å²) in [7, 11) is 0. The predicted octanol–water partition coefficient (Wildman–Crippen LogP) is 1.09. The zero-order valence-corrected chi connectivity index (χ0v) is 8.48. The Balaban J connectivity index is 3.94. The number of rotatable bonds is 3. The van der Waals surface area contributed by atoms with Gasteiger partial charge in [0.25, 0.3) is 0 Å². The zero-order valence-electron chi connectivity index (χ0n) is 8.48. The van der Waals surface area contributed by atoms with Gasteiger partial charge in [0.15, 0.2) is 0 Å². The monoisotopic (exact) mass is 205 g/mol. The highest BCUT2D eigenvalue weighted by molar-refractivity contribution is 5.69. The minimum atomic E-state index is -1.09. The van der Waals surface area contributed by atoms with Crippen LogP contribution in [-0.2, 0) is 9.53 Å². The molecule has 0 heterocycles. The summed E-state index contributed by atoms with van der Waals surface area (Å²) in [5.74, 6) is -1.09. The maximum Gasteiger partial charge on any atom is 0.434 e. The Bertz CT molecular complexity index is 220. The van der Waals surface area contributed by atoms with Gasteiger partial charge < -0.3 is 9.84 Å². The highest BCUT2D eigenvalue weighted by Crippen LogP contribution is 2.08. The summed E-state index contributed by atoms with van der Waals surface area (Å²) in [6.45, 7) is 4.66. The van der Waals surface area contributed by atoms with Gasteiger partial charge in [-0.3, -0.25) is 10.0 Å². The molecule has 0 saturated heterocycles. The van der Waals surface area contributed by atoms with Crippen molar-refractivity contribution in [2.45, 2.75) is 32.8 Å². The van der Waals surface area contributed by atoms with Crippen LogP contribution in [0.1, 0.15) is 27.2 Å². The second-order valence-corrected chi connectivity index (χ2v) is 3.75. The Morgan fingerprint density at radius 1 is 1.36 bits per heavy atom. The highest BCUT2D eigenvalue weighted by atomic mass is 16.6. The van der Waals surface area contributed by atoms with Crippen molar-refractivity contribution in [3.05, 3.63) is 0 Å². The largest absolute Gasteiger partial charge is 0.481 e. The van der Waals surface area contributed by atoms with E-state index in [0.29, 0.717) is 0 Å². The third kappa shape index (κ3) is 6.24. The number of hydrogen-bond donors (Lipinski definition) is 2. The van der Waals surface area contributed by atoms with Gasteiger partial charge >= 0.3 is 12.1 Å². The minimum absolute atomic E-state index is 0.249. The van der Waals surface area contributed by atoms with Crippen LogP contribution in [0.5, 0.6) is 0 Å². The van der Waals surface area contributed by atoms with Crippen LogP contribution in [0.4, 0.5) is 4.79 Å². The van der Waals surface area contributed by atoms with Gasteiger partial charge in [-0.2, -0.15) is 5.06 Å². The summed E-state index contributed by atoms with van der Waals surface area (Å²) in [5, 5.41) is 17.6. The average molecular weight is 205 g/mol. The Labute approximate surface area is 82.0 Å². The first kappa shape index (κ1) is 12.7. The van der Waals surface area contributed by atoms with Crippen molar-refractivity contribution < 1.29 is 24.6 Å². The van der Waals surface area contributed by atoms with Gasteiger partial charge in [0, 0.05) is 0 Å². The Morgan fingerprint density at radius 3 is 2.21 bits per heavy atom. The van der Waals surface area contributed by atoms with Crippen molar-refractivity contribution in [1.82, 2.24) is 5.06 Å². The summed E-state index contributed by atoms with van der Waals surface area (Å²) in [6, 6.07) is 0. The van der Waals surface area contributed by atoms with Crippen molar-refractivity contribution in [2.75, 3.05) is 6.54 Å². The van der Waals surface area contributed by atoms with Crippen LogP contribution in [0.15, 0.2) is 0 Å². The third-order valence-corrected chi connectivity index (χ3v) is 1.14. The Kier molecular flexibility index (Phi) is 4.36. The molecule has 0 aliphatic carbocycles. The maximum atomic E-state index is 11.0. The number of hydrogen-bond acceptors (Lipinski definition) is 4. The molecule has 0 bridgehead atoms. The topological polar surface area (TPSA) is 87.1 Å². The molecule has 0 rings (SSSR count). The minimum Gasteiger partial charge on any atom is -0.481 e. The van der Waals surface area contributed by atoms with Gasteiger partial charge in [-0.05, 0) is 20.8 Å². The van der Waals surface area contributed by atoms with E-state index in [-0.39, 0.29) is 18.0 Å². The molecule has 0 atom stereocenters. The van der Waals surface area contributed by atoms with Crippen LogP contribution < -0.4 is 0 Å². The van der Waals surface area contributed by atoms with E-state index < -0.39 is 17.7 Å². The standard InChI is InChI=1S/C8H15NO5/c1-8(2,3)14-7(12)9(13)5-4-6(10)11/h13H,4-5H2,1-3H3,(H,10,11). The smallest absolute Gasteiger partial charge is 0.434 e. The van der Waals surface area contributed by atoms with Gasteiger partial charge in [-0.25, -0.2) is 4.79 Å². The Morgan fingerprint density at radius 2 is 1.86 bits per heavy atom. The number of carboxylic acids is 1. The molecule has 2 N–H and O–H groups in total. The summed E-state index contributed by atoms with van der Waals surface area (Å²) in [6.07, 6.45) is -1.27. The lowest BCUT2D eigenvalue weighted by molar-refractivity contribution is -0.140. The van der Waals surface area contributed by atoms with E-state index in [2.05, 4.69) is 0 Å². The molecule has 0 saturated carbocycles. The quantitative estimate of drug-likeness (QED) is 0.532. The molecule has 0 fully saturated rings. The molecule has 0 aromatic rings. The molecule has 0 aromatic carbocycles. The predicted molar refractivity (Wildman–Crippen MR) is 47.0 cm³/mol. The molecule has 6 heteroatoms. The van der Waals surface area contributed by atoms with Crippen LogP contribution in [0, 0.1) is 0 Å². The molecule has 0 unspecified atom stereocenters. The summed E-state index contributed by atoms with van der Waals surface area (Å²) < 4.78 is 4.78. The molecular formula is C8H15NO5. The molecule has 6 nitrogen and oxygen atoms in total. The molecule has 0 aliphatic rings. The van der Waals surface area contributed by atoms with Crippen LogP contribution in [0.25, 0.3) is 0 Å². The number of aliphatic carboxylic acids is 1. The first-order chi connectivity index (χ1) is 6.22. The van der Waals surface area contributed by atoms with Crippen LogP contribution in [0.3, 0.4) is 0 Å². The summed E-state index contributed by atoms with van der Waals surface area (Å²) >= 11 is 0. The number of carbonyl (C=O) groups is 2. The lowest BCUT2D eigenvalue weighted by Crippen LogP contribution is -2.35. The van der Waals surface area contributed by atoms with E-state index in [1.165, 1.54) is 0 Å². The van der Waals surface area contributed by atoms with E-state index in [9.17, 15) is 9.59 Å². The zero-order chi connectivity index (χ0) is 11.4. The van der Waals surface area contributed by atoms with E-state index >= 15 is 0 Å². The lowest BCUT2D eigenvalue weighted by atomic mass is 10.2. The van der Waals surface area contributed by atoms with Crippen LogP contribution in [0.2, 0.25) is 0 Å². The van der Waals surface area contributed by atoms with Crippen LogP contribution in [-0.4, -0.2) is 39.6 Å². The van der Waals surface area contributed by atoms with E-state index in [0.717, 1.165) is 0 Å². The number of amides is 1. The SMILES string of the molecule is CC(C)(C)OC(=O)N(O)CCC(=O)O. The highest BCUT2D eigenvalue weighted by Gasteiger charge is 2.21. The molecule has 1 amide bonds. The lowest BCUT2D eigenvalue weighted by Gasteiger charge is -2.22. The van der Waals surface area contributed by atoms with Gasteiger partial charge in [-0.15, -0.1) is 0 Å². The number of hydroxylamine groups is 2. The molecular weight excluding hydrogens is 190 g/mol. The van der Waals surface area contributed by atoms with Gasteiger partial charge in [-0.1, -0.05) is 0 Å². The number of carbonyl (C=O) groups excluding carboxylic acids is 1. The fourth-order valence-electron chi connectivity index (χ4n) is 0.607. The van der Waals surface area contributed by atoms with E-state index in [1.807, 2.05) is 0 Å². The first-order valence-electron chi connectivity index (χ1n) is 4.13. The van der Waals surface area contributed by atoms with Crippen LogP contribution >= 0.6 is 0 Å². The van der Waals surface area contributed by atoms with Crippen molar-refractivity contribution >= 4 is 12.1 Å². The molecule has 14 heavy (non-hydrogen) atoms. The van der Waals surface area contributed by atoms with Crippen molar-refractivity contribution in [1.29, 1.82) is 0 Å². The fourth-order valence-corrected chi connectivity index (χ4v) is 0.607. The molecule has 0 radical (unpaired) electrons. The number of carboxylic acid groups (broad SMARTS) is 1. The summed E-state index contributed by atoms with van der Waals surface area (Å²) in [4.78, 5) is 21.2. The van der Waals surface area contributed by atoms with Crippen molar-refractivity contribution in [2.24, 2.45) is 0 Å². The van der Waals surface area contributed by atoms with Crippen molar-refractivity contribution in [3.63, 3.8) is 0 Å². The average Bonchev–Trinajstić information content (AvgIpc) is 1.96. The third-order valence-electron chi connectivity index (χ3n) is 1.14. The summed E-state index contributed by atoms with van der Waals surface area (Å²) in [5.41, 5.74) is -0.707. The normalized spacial score (nSPS) is 10.9. The first-order valence-corrected chi connectivity index (χ1v) is 4.13. The molecule has 0 spiro atoms. The second-order valence-electron chi connectivity index (χ2n) is 3.75. The Hall–Kier alpha value is -1.30. The van der Waals surface area contributed by atoms with Gasteiger partial charge in [0.2, 0.25) is 0 Å². The van der Waals surface area contributed by atoms with Crippen molar-refractivity contribution in [3.8, 4) is 0 Å². The number of nitrogens with zero attached hydrogens (tertiary/aromatic N) is 1. The van der Waals surface area contributed by atoms with Gasteiger partial charge in [0.1, 0.15) is 5.60 Å². The molecule has 0 aliphatic heterocycles. The molecule has 0 aromatic heterocycles. The second kappa shape index (κ2) is 4.80.